The van der Waals surface area contributed by atoms with E-state index in [1.807, 2.05) is 25.1 Å². The monoisotopic (exact) mass is 332 g/mol. The fourth-order valence-corrected chi connectivity index (χ4v) is 2.71. The highest BCUT2D eigenvalue weighted by atomic mass is 79.9. The van der Waals surface area contributed by atoms with Crippen LogP contribution in [0.4, 0.5) is 0 Å². The lowest BCUT2D eigenvalue weighted by molar-refractivity contribution is 0.0694. The Kier molecular flexibility index (Phi) is 3.30. The van der Waals surface area contributed by atoms with Crippen molar-refractivity contribution in [1.29, 1.82) is 0 Å². The summed E-state index contributed by atoms with van der Waals surface area (Å²) in [5.74, 6) is -0.0773. The molecular formula is C15H13BrN2O2. The molecule has 1 fully saturated rings. The first-order valence-electron chi connectivity index (χ1n) is 6.43. The van der Waals surface area contributed by atoms with Gasteiger partial charge >= 0.3 is 5.97 Å². The molecule has 1 aromatic carbocycles. The summed E-state index contributed by atoms with van der Waals surface area (Å²) in [5, 5.41) is 9.21. The van der Waals surface area contributed by atoms with Crippen molar-refractivity contribution in [2.45, 2.75) is 25.7 Å². The summed E-state index contributed by atoms with van der Waals surface area (Å²) in [4.78, 5) is 20.0. The lowest BCUT2D eigenvalue weighted by Crippen LogP contribution is -2.07. The number of nitrogens with zero attached hydrogens (tertiary/aromatic N) is 2. The van der Waals surface area contributed by atoms with Crippen molar-refractivity contribution in [2.24, 2.45) is 0 Å². The maximum absolute atomic E-state index is 11.2. The summed E-state index contributed by atoms with van der Waals surface area (Å²) in [5.41, 5.74) is 2.90. The maximum Gasteiger partial charge on any atom is 0.339 e. The number of carbonyl (C=O) groups is 1. The van der Waals surface area contributed by atoms with E-state index in [4.69, 9.17) is 0 Å². The highest BCUT2D eigenvalue weighted by molar-refractivity contribution is 9.10. The molecule has 2 aromatic rings. The standard InChI is InChI=1S/C15H13BrN2O2/c1-8-6-10(16)4-5-11(8)14-17-7-12(15(19)20)13(18-14)9-2-3-9/h4-7,9H,2-3H2,1H3,(H,19,20). The molecule has 20 heavy (non-hydrogen) atoms. The molecule has 0 amide bonds. The zero-order valence-electron chi connectivity index (χ0n) is 10.9. The van der Waals surface area contributed by atoms with Crippen LogP contribution < -0.4 is 0 Å². The molecule has 1 saturated carbocycles. The SMILES string of the molecule is Cc1cc(Br)ccc1-c1ncc(C(=O)O)c(C2CC2)n1. The summed E-state index contributed by atoms with van der Waals surface area (Å²) < 4.78 is 1.00. The van der Waals surface area contributed by atoms with Gasteiger partial charge in [0.15, 0.2) is 5.82 Å². The number of aromatic nitrogens is 2. The molecule has 4 nitrogen and oxygen atoms in total. The van der Waals surface area contributed by atoms with E-state index in [1.54, 1.807) is 0 Å². The Balaban J connectivity index is 2.10. The maximum atomic E-state index is 11.2. The smallest absolute Gasteiger partial charge is 0.339 e. The summed E-state index contributed by atoms with van der Waals surface area (Å²) >= 11 is 3.43. The molecule has 1 heterocycles. The van der Waals surface area contributed by atoms with Gasteiger partial charge in [0.05, 0.1) is 11.3 Å². The van der Waals surface area contributed by atoms with Gasteiger partial charge in [-0.05, 0) is 43.5 Å². The van der Waals surface area contributed by atoms with Crippen molar-refractivity contribution < 1.29 is 9.90 Å². The third-order valence-electron chi connectivity index (χ3n) is 3.44. The van der Waals surface area contributed by atoms with Gasteiger partial charge in [-0.1, -0.05) is 15.9 Å². The predicted octanol–water partition coefficient (Wildman–Crippen LogP) is 3.79. The van der Waals surface area contributed by atoms with Crippen LogP contribution in [0.25, 0.3) is 11.4 Å². The predicted molar refractivity (Wildman–Crippen MR) is 78.8 cm³/mol. The molecule has 0 spiro atoms. The number of aromatic carboxylic acids is 1. The number of benzene rings is 1. The third-order valence-corrected chi connectivity index (χ3v) is 3.94. The minimum atomic E-state index is -0.953. The second kappa shape index (κ2) is 4.98. The molecule has 0 unspecified atom stereocenters. The number of aryl methyl sites for hydroxylation is 1. The lowest BCUT2D eigenvalue weighted by atomic mass is 10.1. The summed E-state index contributed by atoms with van der Waals surface area (Å²) in [7, 11) is 0. The zero-order chi connectivity index (χ0) is 14.3. The van der Waals surface area contributed by atoms with Gasteiger partial charge in [-0.2, -0.15) is 0 Å². The highest BCUT2D eigenvalue weighted by Crippen LogP contribution is 2.41. The van der Waals surface area contributed by atoms with E-state index in [-0.39, 0.29) is 11.5 Å². The van der Waals surface area contributed by atoms with Crippen molar-refractivity contribution in [2.75, 3.05) is 0 Å². The number of halogens is 1. The van der Waals surface area contributed by atoms with Crippen LogP contribution in [-0.4, -0.2) is 21.0 Å². The first-order chi connectivity index (χ1) is 9.56. The van der Waals surface area contributed by atoms with Crippen LogP contribution in [0.1, 0.15) is 40.4 Å². The van der Waals surface area contributed by atoms with Crippen molar-refractivity contribution in [1.82, 2.24) is 9.97 Å². The Hall–Kier alpha value is -1.75. The molecule has 0 bridgehead atoms. The van der Waals surface area contributed by atoms with Gasteiger partial charge in [0.2, 0.25) is 0 Å². The van der Waals surface area contributed by atoms with Crippen LogP contribution in [0.3, 0.4) is 0 Å². The third kappa shape index (κ3) is 2.45. The molecule has 0 aliphatic heterocycles. The van der Waals surface area contributed by atoms with Crippen LogP contribution >= 0.6 is 15.9 Å². The largest absolute Gasteiger partial charge is 0.478 e. The van der Waals surface area contributed by atoms with E-state index < -0.39 is 5.97 Å². The molecule has 0 atom stereocenters. The molecule has 0 radical (unpaired) electrons. The van der Waals surface area contributed by atoms with Crippen molar-refractivity contribution >= 4 is 21.9 Å². The van der Waals surface area contributed by atoms with Crippen molar-refractivity contribution in [3.8, 4) is 11.4 Å². The Bertz CT molecular complexity index is 696. The van der Waals surface area contributed by atoms with Gasteiger partial charge in [-0.25, -0.2) is 14.8 Å². The van der Waals surface area contributed by atoms with E-state index >= 15 is 0 Å². The van der Waals surface area contributed by atoms with Gasteiger partial charge in [0.25, 0.3) is 0 Å². The molecule has 5 heteroatoms. The normalized spacial score (nSPS) is 14.3. The lowest BCUT2D eigenvalue weighted by Gasteiger charge is -2.09. The number of carboxylic acid groups (broad SMARTS) is 1. The van der Waals surface area contributed by atoms with Crippen LogP contribution in [0.15, 0.2) is 28.9 Å². The van der Waals surface area contributed by atoms with Gasteiger partial charge in [-0.15, -0.1) is 0 Å². The first kappa shape index (κ1) is 13.2. The second-order valence-electron chi connectivity index (χ2n) is 5.03. The molecular weight excluding hydrogens is 320 g/mol. The van der Waals surface area contributed by atoms with E-state index in [0.29, 0.717) is 11.5 Å². The minimum absolute atomic E-state index is 0.228. The van der Waals surface area contributed by atoms with E-state index in [0.717, 1.165) is 28.4 Å². The zero-order valence-corrected chi connectivity index (χ0v) is 12.5. The van der Waals surface area contributed by atoms with E-state index in [2.05, 4.69) is 25.9 Å². The molecule has 1 aromatic heterocycles. The van der Waals surface area contributed by atoms with Gasteiger partial charge in [-0.3, -0.25) is 0 Å². The molecule has 1 N–H and O–H groups in total. The second-order valence-corrected chi connectivity index (χ2v) is 5.95. The number of hydrogen-bond acceptors (Lipinski definition) is 3. The summed E-state index contributed by atoms with van der Waals surface area (Å²) in [6, 6.07) is 5.89. The van der Waals surface area contributed by atoms with E-state index in [9.17, 15) is 9.90 Å². The van der Waals surface area contributed by atoms with Crippen LogP contribution in [0.5, 0.6) is 0 Å². The first-order valence-corrected chi connectivity index (χ1v) is 7.22. The van der Waals surface area contributed by atoms with Crippen LogP contribution in [0.2, 0.25) is 0 Å². The van der Waals surface area contributed by atoms with E-state index in [1.165, 1.54) is 6.20 Å². The fourth-order valence-electron chi connectivity index (χ4n) is 2.24. The van der Waals surface area contributed by atoms with Crippen molar-refractivity contribution in [3.63, 3.8) is 0 Å². The van der Waals surface area contributed by atoms with Crippen molar-refractivity contribution in [3.05, 3.63) is 45.7 Å². The summed E-state index contributed by atoms with van der Waals surface area (Å²) in [6.07, 6.45) is 3.45. The molecule has 0 saturated heterocycles. The molecule has 1 aliphatic carbocycles. The number of carboxylic acids is 1. The average Bonchev–Trinajstić information content (AvgIpc) is 3.22. The Morgan fingerprint density at radius 1 is 1.40 bits per heavy atom. The highest BCUT2D eigenvalue weighted by Gasteiger charge is 2.30. The quantitative estimate of drug-likeness (QED) is 0.928. The summed E-state index contributed by atoms with van der Waals surface area (Å²) in [6.45, 7) is 1.99. The minimum Gasteiger partial charge on any atom is -0.478 e. The van der Waals surface area contributed by atoms with Gasteiger partial charge < -0.3 is 5.11 Å². The Labute approximate surface area is 125 Å². The topological polar surface area (TPSA) is 63.1 Å². The number of hydrogen-bond donors (Lipinski definition) is 1. The number of rotatable bonds is 3. The Morgan fingerprint density at radius 3 is 2.75 bits per heavy atom. The molecule has 1 aliphatic rings. The van der Waals surface area contributed by atoms with Gasteiger partial charge in [0, 0.05) is 22.2 Å². The fraction of sp³-hybridized carbons (Fsp3) is 0.267. The molecule has 3 rings (SSSR count). The Morgan fingerprint density at radius 2 is 2.15 bits per heavy atom. The van der Waals surface area contributed by atoms with Crippen LogP contribution in [-0.2, 0) is 0 Å². The van der Waals surface area contributed by atoms with Crippen LogP contribution in [0, 0.1) is 6.92 Å². The van der Waals surface area contributed by atoms with Gasteiger partial charge in [0.1, 0.15) is 0 Å². The molecule has 102 valence electrons. The average molecular weight is 333 g/mol.